The van der Waals surface area contributed by atoms with E-state index in [-0.39, 0.29) is 11.9 Å². The molecule has 1 unspecified atom stereocenters. The van der Waals surface area contributed by atoms with Crippen LogP contribution in [-0.4, -0.2) is 65.3 Å². The van der Waals surface area contributed by atoms with Gasteiger partial charge in [-0.05, 0) is 42.3 Å². The SMILES string of the molecule is O=C1c2[nH]nc(-c3ccc(Cl)cc3)c2C(c2ccc(OCc3ccccc3Cl)cc2)N1CCCN1CCOCC1. The maximum atomic E-state index is 13.7. The van der Waals surface area contributed by atoms with Crippen LogP contribution in [0.1, 0.15) is 39.6 Å². The molecule has 206 valence electrons. The summed E-state index contributed by atoms with van der Waals surface area (Å²) in [6.45, 7) is 5.31. The second-order valence-corrected chi connectivity index (χ2v) is 10.9. The molecule has 40 heavy (non-hydrogen) atoms. The zero-order valence-corrected chi connectivity index (χ0v) is 23.5. The van der Waals surface area contributed by atoms with Crippen LogP contribution in [0.15, 0.2) is 72.8 Å². The lowest BCUT2D eigenvalue weighted by atomic mass is 9.96. The molecular weight excluding hydrogens is 547 g/mol. The van der Waals surface area contributed by atoms with Crippen molar-refractivity contribution in [2.24, 2.45) is 0 Å². The molecule has 3 aromatic carbocycles. The third kappa shape index (κ3) is 5.60. The third-order valence-corrected chi connectivity index (χ3v) is 8.13. The van der Waals surface area contributed by atoms with E-state index in [0.29, 0.717) is 28.9 Å². The number of H-pyrrole nitrogens is 1. The number of carbonyl (C=O) groups is 1. The summed E-state index contributed by atoms with van der Waals surface area (Å²) in [5, 5.41) is 8.93. The van der Waals surface area contributed by atoms with Crippen molar-refractivity contribution in [3.8, 4) is 17.0 Å². The van der Waals surface area contributed by atoms with Crippen LogP contribution in [0.4, 0.5) is 0 Å². The Morgan fingerprint density at radius 3 is 2.45 bits per heavy atom. The number of rotatable bonds is 9. The Labute approximate surface area is 243 Å². The van der Waals surface area contributed by atoms with Gasteiger partial charge in [-0.25, -0.2) is 0 Å². The van der Waals surface area contributed by atoms with E-state index in [1.807, 2.05) is 77.7 Å². The van der Waals surface area contributed by atoms with Gasteiger partial charge in [-0.3, -0.25) is 14.8 Å². The number of morpholine rings is 1. The zero-order chi connectivity index (χ0) is 27.5. The third-order valence-electron chi connectivity index (χ3n) is 7.51. The molecule has 0 aliphatic carbocycles. The molecule has 0 radical (unpaired) electrons. The van der Waals surface area contributed by atoms with E-state index < -0.39 is 0 Å². The normalized spacial score (nSPS) is 17.3. The molecule has 0 bridgehead atoms. The van der Waals surface area contributed by atoms with Crippen molar-refractivity contribution in [1.82, 2.24) is 20.0 Å². The number of hydrogen-bond donors (Lipinski definition) is 1. The molecule has 1 N–H and O–H groups in total. The monoisotopic (exact) mass is 576 g/mol. The van der Waals surface area contributed by atoms with Crippen LogP contribution in [0.25, 0.3) is 11.3 Å². The number of nitrogens with one attached hydrogen (secondary N) is 1. The number of fused-ring (bicyclic) bond motifs is 1. The van der Waals surface area contributed by atoms with Crippen LogP contribution in [0, 0.1) is 0 Å². The van der Waals surface area contributed by atoms with Crippen molar-refractivity contribution in [3.63, 3.8) is 0 Å². The summed E-state index contributed by atoms with van der Waals surface area (Å²) in [5.41, 5.74) is 5.04. The van der Waals surface area contributed by atoms with Crippen LogP contribution in [0.3, 0.4) is 0 Å². The quantitative estimate of drug-likeness (QED) is 0.256. The van der Waals surface area contributed by atoms with E-state index in [0.717, 1.165) is 73.0 Å². The molecule has 2 aliphatic heterocycles. The van der Waals surface area contributed by atoms with Crippen molar-refractivity contribution in [1.29, 1.82) is 0 Å². The van der Waals surface area contributed by atoms with Gasteiger partial charge in [0.25, 0.3) is 5.91 Å². The van der Waals surface area contributed by atoms with Gasteiger partial charge in [0, 0.05) is 52.9 Å². The zero-order valence-electron chi connectivity index (χ0n) is 22.0. The predicted octanol–water partition coefficient (Wildman–Crippen LogP) is 6.23. The molecule has 4 aromatic rings. The summed E-state index contributed by atoms with van der Waals surface area (Å²) in [7, 11) is 0. The Morgan fingerprint density at radius 2 is 1.70 bits per heavy atom. The summed E-state index contributed by atoms with van der Waals surface area (Å²) in [6, 6.07) is 22.9. The fourth-order valence-electron chi connectivity index (χ4n) is 5.41. The highest BCUT2D eigenvalue weighted by Crippen LogP contribution is 2.43. The van der Waals surface area contributed by atoms with Crippen LogP contribution >= 0.6 is 23.2 Å². The van der Waals surface area contributed by atoms with Crippen LogP contribution in [0.2, 0.25) is 10.0 Å². The highest BCUT2D eigenvalue weighted by molar-refractivity contribution is 6.31. The number of amides is 1. The van der Waals surface area contributed by atoms with Gasteiger partial charge in [0.15, 0.2) is 0 Å². The van der Waals surface area contributed by atoms with Crippen molar-refractivity contribution < 1.29 is 14.3 Å². The molecule has 1 aromatic heterocycles. The molecule has 6 rings (SSSR count). The molecule has 1 atom stereocenters. The average molecular weight is 578 g/mol. The number of aromatic nitrogens is 2. The number of carbonyl (C=O) groups excluding carboxylic acids is 1. The van der Waals surface area contributed by atoms with Gasteiger partial charge in [-0.1, -0.05) is 65.7 Å². The van der Waals surface area contributed by atoms with Gasteiger partial charge < -0.3 is 14.4 Å². The van der Waals surface area contributed by atoms with Gasteiger partial charge in [0.1, 0.15) is 18.1 Å². The summed E-state index contributed by atoms with van der Waals surface area (Å²) in [5.74, 6) is 0.700. The minimum absolute atomic E-state index is 0.0336. The van der Waals surface area contributed by atoms with E-state index >= 15 is 0 Å². The average Bonchev–Trinajstić information content (AvgIpc) is 3.53. The number of hydrogen-bond acceptors (Lipinski definition) is 5. The molecule has 0 saturated carbocycles. The predicted molar refractivity (Wildman–Crippen MR) is 156 cm³/mol. The molecule has 1 fully saturated rings. The molecule has 1 amide bonds. The molecule has 1 saturated heterocycles. The van der Waals surface area contributed by atoms with E-state index in [1.165, 1.54) is 0 Å². The van der Waals surface area contributed by atoms with Crippen molar-refractivity contribution >= 4 is 29.1 Å². The first-order valence-electron chi connectivity index (χ1n) is 13.5. The van der Waals surface area contributed by atoms with E-state index in [1.54, 1.807) is 0 Å². The van der Waals surface area contributed by atoms with E-state index in [4.69, 9.17) is 32.7 Å². The minimum atomic E-state index is -0.269. The van der Waals surface area contributed by atoms with E-state index in [9.17, 15) is 4.79 Å². The van der Waals surface area contributed by atoms with Gasteiger partial charge in [0.2, 0.25) is 0 Å². The first kappa shape index (κ1) is 26.8. The number of nitrogens with zero attached hydrogens (tertiary/aromatic N) is 3. The lowest BCUT2D eigenvalue weighted by Crippen LogP contribution is -2.38. The maximum absolute atomic E-state index is 13.7. The molecule has 3 heterocycles. The molecule has 2 aliphatic rings. The lowest BCUT2D eigenvalue weighted by Gasteiger charge is -2.29. The first-order chi connectivity index (χ1) is 19.6. The highest BCUT2D eigenvalue weighted by Gasteiger charge is 2.42. The van der Waals surface area contributed by atoms with E-state index in [2.05, 4.69) is 15.1 Å². The van der Waals surface area contributed by atoms with Crippen molar-refractivity contribution in [2.75, 3.05) is 39.4 Å². The first-order valence-corrected chi connectivity index (χ1v) is 14.3. The Balaban J connectivity index is 1.27. The molecular formula is C31H30Cl2N4O3. The standard InChI is InChI=1S/C31H30Cl2N4O3/c32-24-10-6-21(7-11-24)28-27-29(35-34-28)31(38)37(15-3-14-36-16-18-39-19-17-36)30(27)22-8-12-25(13-9-22)40-20-23-4-1-2-5-26(23)33/h1-2,4-13,30H,3,14-20H2,(H,34,35). The van der Waals surface area contributed by atoms with Gasteiger partial charge in [-0.15, -0.1) is 0 Å². The van der Waals surface area contributed by atoms with Gasteiger partial charge >= 0.3 is 0 Å². The second kappa shape index (κ2) is 12.0. The largest absolute Gasteiger partial charge is 0.489 e. The summed E-state index contributed by atoms with van der Waals surface area (Å²) in [6.07, 6.45) is 0.870. The topological polar surface area (TPSA) is 70.7 Å². The Hall–Kier alpha value is -3.36. The number of halogens is 2. The number of aromatic amines is 1. The van der Waals surface area contributed by atoms with Gasteiger partial charge in [0.05, 0.1) is 24.9 Å². The minimum Gasteiger partial charge on any atom is -0.489 e. The Morgan fingerprint density at radius 1 is 0.950 bits per heavy atom. The summed E-state index contributed by atoms with van der Waals surface area (Å²) >= 11 is 12.4. The molecule has 9 heteroatoms. The fraction of sp³-hybridized carbons (Fsp3) is 0.290. The van der Waals surface area contributed by atoms with Crippen molar-refractivity contribution in [3.05, 3.63) is 105 Å². The maximum Gasteiger partial charge on any atom is 0.273 e. The highest BCUT2D eigenvalue weighted by atomic mass is 35.5. The lowest BCUT2D eigenvalue weighted by molar-refractivity contribution is 0.0354. The van der Waals surface area contributed by atoms with Crippen LogP contribution in [-0.2, 0) is 11.3 Å². The number of benzene rings is 3. The fourth-order valence-corrected chi connectivity index (χ4v) is 5.73. The van der Waals surface area contributed by atoms with Crippen LogP contribution in [0.5, 0.6) is 5.75 Å². The van der Waals surface area contributed by atoms with Gasteiger partial charge in [-0.2, -0.15) is 5.10 Å². The molecule has 7 nitrogen and oxygen atoms in total. The Bertz CT molecular complexity index is 1470. The van der Waals surface area contributed by atoms with Crippen LogP contribution < -0.4 is 4.74 Å². The van der Waals surface area contributed by atoms with Crippen molar-refractivity contribution in [2.45, 2.75) is 19.1 Å². The summed E-state index contributed by atoms with van der Waals surface area (Å²) in [4.78, 5) is 18.0. The number of ether oxygens (including phenoxy) is 2. The second-order valence-electron chi connectivity index (χ2n) is 10.0. The Kier molecular flexibility index (Phi) is 8.07. The molecule has 0 spiro atoms. The smallest absolute Gasteiger partial charge is 0.273 e. The summed E-state index contributed by atoms with van der Waals surface area (Å²) < 4.78 is 11.5.